The largest absolute Gasteiger partial charge is 0.493 e. The molecule has 23 heavy (non-hydrogen) atoms. The molecule has 6 heteroatoms. The molecular formula is C17H24BrN3O2. The van der Waals surface area contributed by atoms with Gasteiger partial charge in [-0.3, -0.25) is 10.2 Å². The third kappa shape index (κ3) is 4.05. The van der Waals surface area contributed by atoms with E-state index in [0.29, 0.717) is 18.6 Å². The number of halogens is 1. The second-order valence-electron chi connectivity index (χ2n) is 6.78. The first-order valence-electron chi connectivity index (χ1n) is 8.26. The Morgan fingerprint density at radius 3 is 3.04 bits per heavy atom. The number of hydrazine groups is 1. The van der Waals surface area contributed by atoms with E-state index >= 15 is 0 Å². The fourth-order valence-electron chi connectivity index (χ4n) is 3.31. The van der Waals surface area contributed by atoms with Crippen LogP contribution in [-0.2, 0) is 4.79 Å². The van der Waals surface area contributed by atoms with Gasteiger partial charge in [-0.1, -0.05) is 29.8 Å². The number of amides is 1. The molecule has 2 aliphatic heterocycles. The fourth-order valence-corrected chi connectivity index (χ4v) is 3.68. The van der Waals surface area contributed by atoms with Crippen LogP contribution in [0.15, 0.2) is 22.7 Å². The second-order valence-corrected chi connectivity index (χ2v) is 7.70. The molecule has 2 aliphatic rings. The fraction of sp³-hybridized carbons (Fsp3) is 0.588. The molecule has 0 bridgehead atoms. The molecule has 1 aromatic carbocycles. The topological polar surface area (TPSA) is 62.4 Å². The molecule has 3 N–H and O–H groups in total. The normalized spacial score (nSPS) is 26.7. The molecule has 1 amide bonds. The third-order valence-corrected chi connectivity index (χ3v) is 4.88. The summed E-state index contributed by atoms with van der Waals surface area (Å²) in [5.74, 6) is 1.54. The molecule has 3 rings (SSSR count). The highest BCUT2D eigenvalue weighted by atomic mass is 79.9. The van der Waals surface area contributed by atoms with Gasteiger partial charge in [0.2, 0.25) is 5.91 Å². The summed E-state index contributed by atoms with van der Waals surface area (Å²) in [5, 5.41) is 3.18. The number of carbonyl (C=O) groups is 1. The minimum absolute atomic E-state index is 0.00898. The first-order valence-corrected chi connectivity index (χ1v) is 9.06. The zero-order chi connectivity index (χ0) is 16.4. The van der Waals surface area contributed by atoms with E-state index in [2.05, 4.69) is 45.9 Å². The monoisotopic (exact) mass is 381 g/mol. The molecule has 1 fully saturated rings. The van der Waals surface area contributed by atoms with Gasteiger partial charge in [0, 0.05) is 22.5 Å². The van der Waals surface area contributed by atoms with Gasteiger partial charge in [0.25, 0.3) is 0 Å². The molecule has 3 unspecified atom stereocenters. The number of fused-ring (bicyclic) bond motifs is 1. The van der Waals surface area contributed by atoms with E-state index in [0.717, 1.165) is 35.0 Å². The SMILES string of the molecule is CC(C)CC1CC(C(=O)NC2CCOc3ccc(Br)cc32)NN1. The van der Waals surface area contributed by atoms with E-state index in [1.165, 1.54) is 0 Å². The Morgan fingerprint density at radius 1 is 1.43 bits per heavy atom. The number of nitrogens with one attached hydrogen (secondary N) is 3. The Bertz CT molecular complexity index is 579. The first kappa shape index (κ1) is 16.7. The zero-order valence-corrected chi connectivity index (χ0v) is 15.2. The third-order valence-electron chi connectivity index (χ3n) is 4.38. The molecular weight excluding hydrogens is 358 g/mol. The summed E-state index contributed by atoms with van der Waals surface area (Å²) >= 11 is 3.49. The van der Waals surface area contributed by atoms with Gasteiger partial charge in [0.05, 0.1) is 12.6 Å². The molecule has 0 spiro atoms. The molecule has 3 atom stereocenters. The van der Waals surface area contributed by atoms with Gasteiger partial charge in [-0.05, 0) is 37.0 Å². The van der Waals surface area contributed by atoms with Crippen molar-refractivity contribution in [2.75, 3.05) is 6.61 Å². The van der Waals surface area contributed by atoms with Gasteiger partial charge in [-0.15, -0.1) is 0 Å². The smallest absolute Gasteiger partial charge is 0.239 e. The van der Waals surface area contributed by atoms with Gasteiger partial charge in [-0.2, -0.15) is 0 Å². The van der Waals surface area contributed by atoms with Crippen molar-refractivity contribution in [2.24, 2.45) is 5.92 Å². The molecule has 1 saturated heterocycles. The lowest BCUT2D eigenvalue weighted by molar-refractivity contribution is -0.123. The number of hydrogen-bond donors (Lipinski definition) is 3. The molecule has 0 aliphatic carbocycles. The highest BCUT2D eigenvalue weighted by molar-refractivity contribution is 9.10. The summed E-state index contributed by atoms with van der Waals surface area (Å²) in [7, 11) is 0. The predicted molar refractivity (Wildman–Crippen MR) is 93.1 cm³/mol. The average Bonchev–Trinajstić information content (AvgIpc) is 2.95. The van der Waals surface area contributed by atoms with Crippen molar-refractivity contribution in [2.45, 2.75) is 51.2 Å². The van der Waals surface area contributed by atoms with E-state index in [9.17, 15) is 4.79 Å². The highest BCUT2D eigenvalue weighted by Crippen LogP contribution is 2.34. The van der Waals surface area contributed by atoms with Crippen LogP contribution in [0.5, 0.6) is 5.75 Å². The molecule has 5 nitrogen and oxygen atoms in total. The van der Waals surface area contributed by atoms with E-state index < -0.39 is 0 Å². The molecule has 1 aromatic rings. The van der Waals surface area contributed by atoms with Gasteiger partial charge in [0.1, 0.15) is 11.8 Å². The van der Waals surface area contributed by atoms with Gasteiger partial charge in [0.15, 0.2) is 0 Å². The molecule has 0 radical (unpaired) electrons. The number of rotatable bonds is 4. The van der Waals surface area contributed by atoms with Crippen LogP contribution in [0.25, 0.3) is 0 Å². The summed E-state index contributed by atoms with van der Waals surface area (Å²) in [6, 6.07) is 6.14. The lowest BCUT2D eigenvalue weighted by Gasteiger charge is -2.27. The zero-order valence-electron chi connectivity index (χ0n) is 13.6. The van der Waals surface area contributed by atoms with E-state index in [4.69, 9.17) is 4.74 Å². The van der Waals surface area contributed by atoms with Crippen molar-refractivity contribution >= 4 is 21.8 Å². The van der Waals surface area contributed by atoms with E-state index in [1.54, 1.807) is 0 Å². The predicted octanol–water partition coefficient (Wildman–Crippen LogP) is 2.67. The molecule has 0 saturated carbocycles. The number of ether oxygens (including phenoxy) is 1. The maximum absolute atomic E-state index is 12.6. The van der Waals surface area contributed by atoms with Crippen LogP contribution in [0.3, 0.4) is 0 Å². The second kappa shape index (κ2) is 7.20. The summed E-state index contributed by atoms with van der Waals surface area (Å²) in [5.41, 5.74) is 7.42. The number of hydrogen-bond acceptors (Lipinski definition) is 4. The Hall–Kier alpha value is -1.11. The standard InChI is InChI=1S/C17H24BrN3O2/c1-10(2)7-12-9-15(21-20-12)17(22)19-14-5-6-23-16-4-3-11(18)8-13(14)16/h3-4,8,10,12,14-15,20-21H,5-7,9H2,1-2H3,(H,19,22). The number of benzene rings is 1. The first-order chi connectivity index (χ1) is 11.0. The minimum Gasteiger partial charge on any atom is -0.493 e. The van der Waals surface area contributed by atoms with Crippen LogP contribution in [0.1, 0.15) is 44.7 Å². The lowest BCUT2D eigenvalue weighted by atomic mass is 9.98. The average molecular weight is 382 g/mol. The van der Waals surface area contributed by atoms with Crippen LogP contribution < -0.4 is 20.9 Å². The summed E-state index contributed by atoms with van der Waals surface area (Å²) in [6.07, 6.45) is 2.70. The Kier molecular flexibility index (Phi) is 5.24. The van der Waals surface area contributed by atoms with Crippen LogP contribution >= 0.6 is 15.9 Å². The van der Waals surface area contributed by atoms with Crippen molar-refractivity contribution in [1.29, 1.82) is 0 Å². The number of carbonyl (C=O) groups excluding carboxylic acids is 1. The van der Waals surface area contributed by atoms with Gasteiger partial charge >= 0.3 is 0 Å². The van der Waals surface area contributed by atoms with Crippen molar-refractivity contribution in [3.63, 3.8) is 0 Å². The summed E-state index contributed by atoms with van der Waals surface area (Å²) in [6.45, 7) is 5.03. The molecule has 126 valence electrons. The maximum atomic E-state index is 12.6. The van der Waals surface area contributed by atoms with Crippen molar-refractivity contribution in [1.82, 2.24) is 16.2 Å². The summed E-state index contributed by atoms with van der Waals surface area (Å²) in [4.78, 5) is 12.6. The van der Waals surface area contributed by atoms with Crippen molar-refractivity contribution in [3.8, 4) is 5.75 Å². The van der Waals surface area contributed by atoms with E-state index in [1.807, 2.05) is 18.2 Å². The summed E-state index contributed by atoms with van der Waals surface area (Å²) < 4.78 is 6.68. The highest BCUT2D eigenvalue weighted by Gasteiger charge is 2.32. The lowest BCUT2D eigenvalue weighted by Crippen LogP contribution is -2.45. The quantitative estimate of drug-likeness (QED) is 0.750. The van der Waals surface area contributed by atoms with Crippen molar-refractivity contribution in [3.05, 3.63) is 28.2 Å². The molecule has 0 aromatic heterocycles. The van der Waals surface area contributed by atoms with Crippen LogP contribution in [0.2, 0.25) is 0 Å². The van der Waals surface area contributed by atoms with E-state index in [-0.39, 0.29) is 18.0 Å². The maximum Gasteiger partial charge on any atom is 0.239 e. The van der Waals surface area contributed by atoms with Crippen LogP contribution in [0, 0.1) is 5.92 Å². The molecule has 2 heterocycles. The minimum atomic E-state index is -0.169. The Labute approximate surface area is 145 Å². The van der Waals surface area contributed by atoms with Gasteiger partial charge < -0.3 is 10.1 Å². The van der Waals surface area contributed by atoms with Gasteiger partial charge in [-0.25, -0.2) is 5.43 Å². The van der Waals surface area contributed by atoms with Crippen molar-refractivity contribution < 1.29 is 9.53 Å². The Balaban J connectivity index is 1.62. The Morgan fingerprint density at radius 2 is 2.26 bits per heavy atom. The van der Waals surface area contributed by atoms with Crippen LogP contribution in [-0.4, -0.2) is 24.6 Å². The van der Waals surface area contributed by atoms with Crippen LogP contribution in [0.4, 0.5) is 0 Å².